The molecule has 4 nitrogen and oxygen atoms in total. The van der Waals surface area contributed by atoms with Gasteiger partial charge in [-0.05, 0) is 20.3 Å². The van der Waals surface area contributed by atoms with Crippen molar-refractivity contribution in [1.29, 1.82) is 0 Å². The molecule has 2 N–H and O–H groups in total. The maximum absolute atomic E-state index is 11.9. The second-order valence-electron chi connectivity index (χ2n) is 4.97. The van der Waals surface area contributed by atoms with Gasteiger partial charge in [0, 0.05) is 23.6 Å². The molecule has 0 aliphatic heterocycles. The first kappa shape index (κ1) is 15.7. The predicted molar refractivity (Wildman–Crippen MR) is 85.4 cm³/mol. The summed E-state index contributed by atoms with van der Waals surface area (Å²) >= 11 is 1.56. The highest BCUT2D eigenvalue weighted by molar-refractivity contribution is 7.12. The van der Waals surface area contributed by atoms with E-state index in [2.05, 4.69) is 22.4 Å². The number of carbonyl (C=O) groups excluding carboxylic acids is 1. The molecule has 0 unspecified atom stereocenters. The van der Waals surface area contributed by atoms with Crippen LogP contribution in [0.1, 0.15) is 21.9 Å². The first-order valence-electron chi connectivity index (χ1n) is 7.01. The molecule has 5 heteroatoms. The average Bonchev–Trinajstić information content (AvgIpc) is 2.80. The molecule has 0 radical (unpaired) electrons. The Bertz CT molecular complexity index is 605. The molecule has 2 rings (SSSR count). The molecule has 1 aromatic heterocycles. The maximum Gasteiger partial charge on any atom is 0.225 e. The molecule has 0 aliphatic carbocycles. The number of thiazole rings is 1. The Morgan fingerprint density at radius 2 is 2.00 bits per heavy atom. The minimum atomic E-state index is -0.0274. The van der Waals surface area contributed by atoms with Crippen molar-refractivity contribution in [1.82, 2.24) is 10.3 Å². The van der Waals surface area contributed by atoms with Crippen LogP contribution in [0, 0.1) is 13.8 Å². The number of benzene rings is 1. The first-order valence-corrected chi connectivity index (χ1v) is 7.82. The molecular formula is C16H20N2O2S. The molecule has 0 saturated carbocycles. The Kier molecular flexibility index (Phi) is 5.47. The average molecular weight is 304 g/mol. The van der Waals surface area contributed by atoms with Crippen molar-refractivity contribution >= 4 is 17.2 Å². The molecule has 1 amide bonds. The lowest BCUT2D eigenvalue weighted by Gasteiger charge is -2.05. The van der Waals surface area contributed by atoms with Crippen LogP contribution in [-0.4, -0.2) is 29.1 Å². The number of aliphatic hydroxyl groups is 1. The quantitative estimate of drug-likeness (QED) is 0.806. The zero-order chi connectivity index (χ0) is 15.2. The van der Waals surface area contributed by atoms with E-state index in [1.807, 2.05) is 26.0 Å². The van der Waals surface area contributed by atoms with Gasteiger partial charge >= 0.3 is 0 Å². The number of aromatic nitrogens is 1. The molecule has 0 bridgehead atoms. The van der Waals surface area contributed by atoms with Crippen LogP contribution in [0.5, 0.6) is 0 Å². The van der Waals surface area contributed by atoms with Crippen molar-refractivity contribution < 1.29 is 9.90 Å². The van der Waals surface area contributed by atoms with Crippen molar-refractivity contribution in [2.24, 2.45) is 0 Å². The SMILES string of the molecule is Cc1ccc(-c2nc(C)sc2CC(=O)NCCCO)cc1. The summed E-state index contributed by atoms with van der Waals surface area (Å²) in [6, 6.07) is 8.18. The fraction of sp³-hybridized carbons (Fsp3) is 0.375. The van der Waals surface area contributed by atoms with E-state index in [1.165, 1.54) is 5.56 Å². The normalized spacial score (nSPS) is 10.6. The summed E-state index contributed by atoms with van der Waals surface area (Å²) in [4.78, 5) is 17.5. The van der Waals surface area contributed by atoms with Gasteiger partial charge in [-0.25, -0.2) is 4.98 Å². The number of hydrogen-bond acceptors (Lipinski definition) is 4. The van der Waals surface area contributed by atoms with Crippen LogP contribution in [0.3, 0.4) is 0 Å². The van der Waals surface area contributed by atoms with Crippen molar-refractivity contribution in [3.8, 4) is 11.3 Å². The molecule has 0 spiro atoms. The van der Waals surface area contributed by atoms with Crippen LogP contribution in [0.4, 0.5) is 0 Å². The van der Waals surface area contributed by atoms with Crippen LogP contribution < -0.4 is 5.32 Å². The molecular weight excluding hydrogens is 284 g/mol. The molecule has 0 fully saturated rings. The van der Waals surface area contributed by atoms with Crippen molar-refractivity contribution in [3.63, 3.8) is 0 Å². The highest BCUT2D eigenvalue weighted by Crippen LogP contribution is 2.28. The van der Waals surface area contributed by atoms with E-state index in [9.17, 15) is 4.79 Å². The lowest BCUT2D eigenvalue weighted by Crippen LogP contribution is -2.26. The summed E-state index contributed by atoms with van der Waals surface area (Å²) in [5, 5.41) is 12.5. The van der Waals surface area contributed by atoms with E-state index in [0.29, 0.717) is 19.4 Å². The largest absolute Gasteiger partial charge is 0.396 e. The standard InChI is InChI=1S/C16H20N2O2S/c1-11-4-6-13(7-5-11)16-14(21-12(2)18-16)10-15(20)17-8-3-9-19/h4-7,19H,3,8-10H2,1-2H3,(H,17,20). The van der Waals surface area contributed by atoms with Crippen LogP contribution in [0.15, 0.2) is 24.3 Å². The lowest BCUT2D eigenvalue weighted by molar-refractivity contribution is -0.120. The van der Waals surface area contributed by atoms with Gasteiger partial charge in [0.05, 0.1) is 17.1 Å². The number of aryl methyl sites for hydroxylation is 2. The van der Waals surface area contributed by atoms with E-state index in [1.54, 1.807) is 11.3 Å². The number of aliphatic hydroxyl groups excluding tert-OH is 1. The number of hydrogen-bond donors (Lipinski definition) is 2. The van der Waals surface area contributed by atoms with Gasteiger partial charge in [0.15, 0.2) is 0 Å². The van der Waals surface area contributed by atoms with Crippen LogP contribution >= 0.6 is 11.3 Å². The monoisotopic (exact) mass is 304 g/mol. The van der Waals surface area contributed by atoms with Gasteiger partial charge in [-0.2, -0.15) is 0 Å². The zero-order valence-corrected chi connectivity index (χ0v) is 13.2. The van der Waals surface area contributed by atoms with Crippen LogP contribution in [-0.2, 0) is 11.2 Å². The van der Waals surface area contributed by atoms with Gasteiger partial charge in [0.1, 0.15) is 0 Å². The second-order valence-corrected chi connectivity index (χ2v) is 6.26. The summed E-state index contributed by atoms with van der Waals surface area (Å²) in [6.07, 6.45) is 0.915. The fourth-order valence-electron chi connectivity index (χ4n) is 2.04. The molecule has 0 atom stereocenters. The summed E-state index contributed by atoms with van der Waals surface area (Å²) < 4.78 is 0. The molecule has 112 valence electrons. The topological polar surface area (TPSA) is 62.2 Å². The second kappa shape index (κ2) is 7.33. The van der Waals surface area contributed by atoms with E-state index in [0.717, 1.165) is 21.1 Å². The molecule has 0 saturated heterocycles. The molecule has 1 heterocycles. The number of rotatable bonds is 6. The maximum atomic E-state index is 11.9. The first-order chi connectivity index (χ1) is 10.1. The molecule has 21 heavy (non-hydrogen) atoms. The fourth-order valence-corrected chi connectivity index (χ4v) is 3.00. The number of carbonyl (C=O) groups is 1. The third-order valence-corrected chi connectivity index (χ3v) is 4.08. The molecule has 2 aromatic rings. The van der Waals surface area contributed by atoms with Gasteiger partial charge in [-0.3, -0.25) is 4.79 Å². The van der Waals surface area contributed by atoms with Gasteiger partial charge in [-0.15, -0.1) is 11.3 Å². The van der Waals surface area contributed by atoms with Gasteiger partial charge in [0.2, 0.25) is 5.91 Å². The molecule has 0 aliphatic rings. The summed E-state index contributed by atoms with van der Waals surface area (Å²) in [7, 11) is 0. The third-order valence-electron chi connectivity index (χ3n) is 3.11. The van der Waals surface area contributed by atoms with Crippen LogP contribution in [0.2, 0.25) is 0 Å². The Morgan fingerprint density at radius 1 is 1.29 bits per heavy atom. The van der Waals surface area contributed by atoms with E-state index in [-0.39, 0.29) is 12.5 Å². The minimum Gasteiger partial charge on any atom is -0.396 e. The van der Waals surface area contributed by atoms with E-state index in [4.69, 9.17) is 5.11 Å². The minimum absolute atomic E-state index is 0.0274. The van der Waals surface area contributed by atoms with Gasteiger partial charge < -0.3 is 10.4 Å². The lowest BCUT2D eigenvalue weighted by atomic mass is 10.1. The highest BCUT2D eigenvalue weighted by Gasteiger charge is 2.14. The Hall–Kier alpha value is -1.72. The van der Waals surface area contributed by atoms with Gasteiger partial charge in [0.25, 0.3) is 0 Å². The molecule has 1 aromatic carbocycles. The van der Waals surface area contributed by atoms with Crippen molar-refractivity contribution in [2.75, 3.05) is 13.2 Å². The van der Waals surface area contributed by atoms with Crippen molar-refractivity contribution in [2.45, 2.75) is 26.7 Å². The van der Waals surface area contributed by atoms with Gasteiger partial charge in [-0.1, -0.05) is 29.8 Å². The highest BCUT2D eigenvalue weighted by atomic mass is 32.1. The van der Waals surface area contributed by atoms with E-state index < -0.39 is 0 Å². The van der Waals surface area contributed by atoms with E-state index >= 15 is 0 Å². The van der Waals surface area contributed by atoms with Crippen molar-refractivity contribution in [3.05, 3.63) is 39.7 Å². The third kappa shape index (κ3) is 4.37. The smallest absolute Gasteiger partial charge is 0.225 e. The zero-order valence-electron chi connectivity index (χ0n) is 12.3. The summed E-state index contributed by atoms with van der Waals surface area (Å²) in [5.41, 5.74) is 3.15. The Labute approximate surface area is 128 Å². The predicted octanol–water partition coefficient (Wildman–Crippen LogP) is 2.47. The Balaban J connectivity index is 2.13. The number of nitrogens with zero attached hydrogens (tertiary/aromatic N) is 1. The summed E-state index contributed by atoms with van der Waals surface area (Å²) in [5.74, 6) is -0.0274. The van der Waals surface area contributed by atoms with Crippen LogP contribution in [0.25, 0.3) is 11.3 Å². The number of amides is 1. The Morgan fingerprint density at radius 3 is 2.67 bits per heavy atom. The summed E-state index contributed by atoms with van der Waals surface area (Å²) in [6.45, 7) is 4.60. The number of nitrogens with one attached hydrogen (secondary N) is 1.